The minimum absolute atomic E-state index is 0.133. The normalized spacial score (nSPS) is 12.0. The molecule has 1 unspecified atom stereocenters. The summed E-state index contributed by atoms with van der Waals surface area (Å²) < 4.78 is 5.09. The largest absolute Gasteiger partial charge is 0.497 e. The molecule has 2 rings (SSSR count). The number of benzene rings is 1. The summed E-state index contributed by atoms with van der Waals surface area (Å²) in [7, 11) is 1.56. The summed E-state index contributed by atoms with van der Waals surface area (Å²) in [5.74, 6) is -0.919. The van der Waals surface area contributed by atoms with Gasteiger partial charge in [0.25, 0.3) is 0 Å². The summed E-state index contributed by atoms with van der Waals surface area (Å²) in [6.07, 6.45) is 5.99. The molecule has 1 aromatic carbocycles. The van der Waals surface area contributed by atoms with Gasteiger partial charge in [0.2, 0.25) is 5.91 Å². The summed E-state index contributed by atoms with van der Waals surface area (Å²) >= 11 is 0. The van der Waals surface area contributed by atoms with Crippen molar-refractivity contribution in [2.45, 2.75) is 12.5 Å². The monoisotopic (exact) mass is 315 g/mol. The first-order valence-electron chi connectivity index (χ1n) is 6.91. The van der Waals surface area contributed by atoms with E-state index < -0.39 is 17.9 Å². The number of H-pyrrole nitrogens is 1. The van der Waals surface area contributed by atoms with Crippen LogP contribution in [0.1, 0.15) is 11.3 Å². The van der Waals surface area contributed by atoms with Gasteiger partial charge < -0.3 is 20.1 Å². The molecule has 2 aromatic rings. The van der Waals surface area contributed by atoms with Crippen LogP contribution in [0, 0.1) is 0 Å². The number of methoxy groups -OCH3 is 1. The summed E-state index contributed by atoms with van der Waals surface area (Å²) in [5.41, 5.74) is 1.41. The number of amides is 1. The highest BCUT2D eigenvalue weighted by Gasteiger charge is 2.19. The molecule has 0 saturated heterocycles. The van der Waals surface area contributed by atoms with E-state index in [9.17, 15) is 14.7 Å². The van der Waals surface area contributed by atoms with Crippen LogP contribution in [-0.2, 0) is 16.0 Å². The first-order chi connectivity index (χ1) is 11.1. The molecule has 0 aliphatic carbocycles. The Bertz CT molecular complexity index is 695. The summed E-state index contributed by atoms with van der Waals surface area (Å²) in [6, 6.07) is 6.14. The molecule has 1 amide bonds. The van der Waals surface area contributed by atoms with E-state index in [1.165, 1.54) is 18.6 Å². The molecular formula is C16H17N3O4. The van der Waals surface area contributed by atoms with Crippen LogP contribution in [0.3, 0.4) is 0 Å². The van der Waals surface area contributed by atoms with E-state index in [0.29, 0.717) is 11.4 Å². The minimum Gasteiger partial charge on any atom is -0.497 e. The van der Waals surface area contributed by atoms with Crippen molar-refractivity contribution in [2.75, 3.05) is 7.11 Å². The van der Waals surface area contributed by atoms with Gasteiger partial charge in [0, 0.05) is 24.4 Å². The van der Waals surface area contributed by atoms with Crippen LogP contribution in [0.5, 0.6) is 5.75 Å². The number of aromatic nitrogens is 2. The van der Waals surface area contributed by atoms with E-state index in [1.54, 1.807) is 31.4 Å². The van der Waals surface area contributed by atoms with E-state index in [4.69, 9.17) is 4.74 Å². The van der Waals surface area contributed by atoms with Gasteiger partial charge >= 0.3 is 5.97 Å². The van der Waals surface area contributed by atoms with Gasteiger partial charge in [-0.25, -0.2) is 9.78 Å². The molecule has 1 atom stereocenters. The zero-order valence-electron chi connectivity index (χ0n) is 12.5. The lowest BCUT2D eigenvalue weighted by Crippen LogP contribution is -2.41. The Morgan fingerprint density at radius 3 is 2.96 bits per heavy atom. The number of nitrogens with one attached hydrogen (secondary N) is 2. The number of hydrogen-bond acceptors (Lipinski definition) is 4. The molecule has 0 aliphatic rings. The SMILES string of the molecule is COc1cccc(/C=C/C(=O)NC(Cc2cnc[nH]2)C(=O)O)c1. The van der Waals surface area contributed by atoms with Crippen LogP contribution in [0.25, 0.3) is 6.08 Å². The minimum atomic E-state index is -1.11. The number of carboxylic acids is 1. The molecule has 1 heterocycles. The number of imidazole rings is 1. The third-order valence-electron chi connectivity index (χ3n) is 3.11. The number of rotatable bonds is 7. The first kappa shape index (κ1) is 16.3. The molecule has 23 heavy (non-hydrogen) atoms. The van der Waals surface area contributed by atoms with Crippen LogP contribution < -0.4 is 10.1 Å². The Morgan fingerprint density at radius 1 is 1.48 bits per heavy atom. The number of aliphatic carboxylic acids is 1. The molecule has 3 N–H and O–H groups in total. The Hall–Kier alpha value is -3.09. The predicted molar refractivity (Wildman–Crippen MR) is 83.9 cm³/mol. The molecular weight excluding hydrogens is 298 g/mol. The fraction of sp³-hybridized carbons (Fsp3) is 0.188. The number of ether oxygens (including phenoxy) is 1. The first-order valence-corrected chi connectivity index (χ1v) is 6.91. The number of aromatic amines is 1. The molecule has 0 aliphatic heterocycles. The number of nitrogens with zero attached hydrogens (tertiary/aromatic N) is 1. The highest BCUT2D eigenvalue weighted by molar-refractivity contribution is 5.94. The molecule has 120 valence electrons. The quantitative estimate of drug-likeness (QED) is 0.667. The van der Waals surface area contributed by atoms with Crippen molar-refractivity contribution in [1.82, 2.24) is 15.3 Å². The second-order valence-corrected chi connectivity index (χ2v) is 4.79. The second kappa shape index (κ2) is 7.79. The molecule has 0 fully saturated rings. The van der Waals surface area contributed by atoms with Gasteiger partial charge in [-0.1, -0.05) is 12.1 Å². The van der Waals surface area contributed by atoms with E-state index >= 15 is 0 Å². The Kier molecular flexibility index (Phi) is 5.51. The van der Waals surface area contributed by atoms with Crippen LogP contribution in [0.2, 0.25) is 0 Å². The number of carboxylic acid groups (broad SMARTS) is 1. The molecule has 1 aromatic heterocycles. The lowest BCUT2D eigenvalue weighted by molar-refractivity contribution is -0.141. The van der Waals surface area contributed by atoms with Gasteiger partial charge in [-0.2, -0.15) is 0 Å². The van der Waals surface area contributed by atoms with Gasteiger partial charge in [-0.15, -0.1) is 0 Å². The molecule has 0 bridgehead atoms. The van der Waals surface area contributed by atoms with Crippen molar-refractivity contribution in [3.63, 3.8) is 0 Å². The highest BCUT2D eigenvalue weighted by atomic mass is 16.5. The second-order valence-electron chi connectivity index (χ2n) is 4.79. The third-order valence-corrected chi connectivity index (χ3v) is 3.11. The van der Waals surface area contributed by atoms with Crippen molar-refractivity contribution >= 4 is 18.0 Å². The fourth-order valence-corrected chi connectivity index (χ4v) is 1.95. The molecule has 0 spiro atoms. The zero-order valence-corrected chi connectivity index (χ0v) is 12.5. The van der Waals surface area contributed by atoms with E-state index in [-0.39, 0.29) is 6.42 Å². The van der Waals surface area contributed by atoms with Crippen molar-refractivity contribution < 1.29 is 19.4 Å². The predicted octanol–water partition coefficient (Wildman–Crippen LogP) is 1.24. The van der Waals surface area contributed by atoms with E-state index in [0.717, 1.165) is 5.56 Å². The summed E-state index contributed by atoms with van der Waals surface area (Å²) in [5, 5.41) is 11.6. The molecule has 0 saturated carbocycles. The fourth-order valence-electron chi connectivity index (χ4n) is 1.95. The van der Waals surface area contributed by atoms with Gasteiger partial charge in [0.05, 0.1) is 13.4 Å². The van der Waals surface area contributed by atoms with Crippen molar-refractivity contribution in [3.8, 4) is 5.75 Å². The van der Waals surface area contributed by atoms with Crippen LogP contribution in [-0.4, -0.2) is 40.1 Å². The maximum atomic E-state index is 11.9. The average molecular weight is 315 g/mol. The maximum Gasteiger partial charge on any atom is 0.326 e. The average Bonchev–Trinajstić information content (AvgIpc) is 3.05. The summed E-state index contributed by atoms with van der Waals surface area (Å²) in [4.78, 5) is 29.8. The van der Waals surface area contributed by atoms with Gasteiger partial charge in [0.1, 0.15) is 11.8 Å². The summed E-state index contributed by atoms with van der Waals surface area (Å²) in [6.45, 7) is 0. The Balaban J connectivity index is 1.98. The van der Waals surface area contributed by atoms with Crippen molar-refractivity contribution in [3.05, 3.63) is 54.1 Å². The lowest BCUT2D eigenvalue weighted by Gasteiger charge is -2.12. The van der Waals surface area contributed by atoms with Crippen LogP contribution in [0.15, 0.2) is 42.9 Å². The Labute approximate surface area is 133 Å². The topological polar surface area (TPSA) is 104 Å². The van der Waals surface area contributed by atoms with E-state index in [2.05, 4.69) is 15.3 Å². The highest BCUT2D eigenvalue weighted by Crippen LogP contribution is 2.13. The molecule has 0 radical (unpaired) electrons. The lowest BCUT2D eigenvalue weighted by atomic mass is 10.1. The van der Waals surface area contributed by atoms with Gasteiger partial charge in [-0.3, -0.25) is 4.79 Å². The molecule has 7 nitrogen and oxygen atoms in total. The van der Waals surface area contributed by atoms with Crippen LogP contribution >= 0.6 is 0 Å². The van der Waals surface area contributed by atoms with Gasteiger partial charge in [-0.05, 0) is 23.8 Å². The third kappa shape index (κ3) is 4.99. The van der Waals surface area contributed by atoms with Crippen molar-refractivity contribution in [2.24, 2.45) is 0 Å². The standard InChI is InChI=1S/C16H17N3O4/c1-23-13-4-2-3-11(7-13)5-6-15(20)19-14(16(21)22)8-12-9-17-10-18-12/h2-7,9-10,14H,8H2,1H3,(H,17,18)(H,19,20)(H,21,22)/b6-5+. The zero-order chi connectivity index (χ0) is 16.7. The van der Waals surface area contributed by atoms with Gasteiger partial charge in [0.15, 0.2) is 0 Å². The maximum absolute atomic E-state index is 11.9. The number of carbonyl (C=O) groups excluding carboxylic acids is 1. The number of hydrogen-bond donors (Lipinski definition) is 3. The smallest absolute Gasteiger partial charge is 0.326 e. The van der Waals surface area contributed by atoms with Crippen LogP contribution in [0.4, 0.5) is 0 Å². The Morgan fingerprint density at radius 2 is 2.30 bits per heavy atom. The number of carbonyl (C=O) groups is 2. The van der Waals surface area contributed by atoms with Crippen molar-refractivity contribution in [1.29, 1.82) is 0 Å². The van der Waals surface area contributed by atoms with E-state index in [1.807, 2.05) is 6.07 Å². The molecule has 7 heteroatoms.